The Morgan fingerprint density at radius 3 is 2.50 bits per heavy atom. The Balaban J connectivity index is 2.46. The number of nitrogens with one attached hydrogen (secondary N) is 2. The maximum Gasteiger partial charge on any atom is 0.323 e. The van der Waals surface area contributed by atoms with E-state index < -0.39 is 11.5 Å². The first-order valence-electron chi connectivity index (χ1n) is 7.58. The summed E-state index contributed by atoms with van der Waals surface area (Å²) in [6, 6.07) is 0.214. The second-order valence-electron chi connectivity index (χ2n) is 6.29. The van der Waals surface area contributed by atoms with Crippen molar-refractivity contribution >= 4 is 11.9 Å². The molecule has 116 valence electrons. The minimum atomic E-state index is -1.04. The topological polar surface area (TPSA) is 78.4 Å². The predicted octanol–water partition coefficient (Wildman–Crippen LogP) is 1.77. The molecule has 1 amide bonds. The molecule has 5 heteroatoms. The number of hydrogen-bond acceptors (Lipinski definition) is 3. The third kappa shape index (κ3) is 4.20. The smallest absolute Gasteiger partial charge is 0.323 e. The van der Waals surface area contributed by atoms with Gasteiger partial charge in [0.1, 0.15) is 5.54 Å². The van der Waals surface area contributed by atoms with Crippen LogP contribution in [0.3, 0.4) is 0 Å². The van der Waals surface area contributed by atoms with E-state index in [0.717, 1.165) is 12.8 Å². The molecule has 0 aromatic carbocycles. The molecule has 0 aromatic heterocycles. The molecule has 4 atom stereocenters. The first-order chi connectivity index (χ1) is 9.30. The third-order valence-electron chi connectivity index (χ3n) is 4.87. The van der Waals surface area contributed by atoms with Crippen LogP contribution in [0.15, 0.2) is 0 Å². The van der Waals surface area contributed by atoms with E-state index in [1.165, 1.54) is 6.42 Å². The molecule has 3 N–H and O–H groups in total. The summed E-state index contributed by atoms with van der Waals surface area (Å²) in [5, 5.41) is 15.0. The van der Waals surface area contributed by atoms with Gasteiger partial charge in [-0.05, 0) is 31.6 Å². The van der Waals surface area contributed by atoms with E-state index in [0.29, 0.717) is 18.3 Å². The van der Waals surface area contributed by atoms with Crippen LogP contribution in [0.4, 0.5) is 0 Å². The number of carboxylic acid groups (broad SMARTS) is 1. The Morgan fingerprint density at radius 2 is 1.95 bits per heavy atom. The van der Waals surface area contributed by atoms with Gasteiger partial charge in [-0.3, -0.25) is 14.9 Å². The molecule has 0 spiro atoms. The average molecular weight is 284 g/mol. The zero-order chi connectivity index (χ0) is 15.3. The van der Waals surface area contributed by atoms with Crippen LogP contribution in [-0.4, -0.2) is 35.1 Å². The fourth-order valence-corrected chi connectivity index (χ4v) is 2.67. The predicted molar refractivity (Wildman–Crippen MR) is 78.4 cm³/mol. The summed E-state index contributed by atoms with van der Waals surface area (Å²) in [5.41, 5.74) is -1.04. The molecular weight excluding hydrogens is 256 g/mol. The van der Waals surface area contributed by atoms with Gasteiger partial charge in [0, 0.05) is 6.04 Å². The van der Waals surface area contributed by atoms with Crippen LogP contribution in [0.25, 0.3) is 0 Å². The Bertz CT molecular complexity index is 359. The molecule has 4 unspecified atom stereocenters. The lowest BCUT2D eigenvalue weighted by Crippen LogP contribution is -2.54. The van der Waals surface area contributed by atoms with Gasteiger partial charge in [-0.25, -0.2) is 0 Å². The molecule has 0 radical (unpaired) electrons. The van der Waals surface area contributed by atoms with Gasteiger partial charge in [-0.1, -0.05) is 33.6 Å². The summed E-state index contributed by atoms with van der Waals surface area (Å²) in [4.78, 5) is 23.1. The van der Waals surface area contributed by atoms with Gasteiger partial charge in [0.05, 0.1) is 6.54 Å². The van der Waals surface area contributed by atoms with E-state index in [1.807, 2.05) is 0 Å². The summed E-state index contributed by atoms with van der Waals surface area (Å²) in [5.74, 6) is 0.0657. The van der Waals surface area contributed by atoms with Gasteiger partial charge in [0.25, 0.3) is 0 Å². The minimum Gasteiger partial charge on any atom is -0.480 e. The number of aliphatic carboxylic acids is 1. The normalized spacial score (nSPS) is 29.5. The van der Waals surface area contributed by atoms with Crippen molar-refractivity contribution in [2.75, 3.05) is 6.54 Å². The minimum absolute atomic E-state index is 0.0498. The van der Waals surface area contributed by atoms with Crippen molar-refractivity contribution in [1.82, 2.24) is 10.6 Å². The van der Waals surface area contributed by atoms with Crippen LogP contribution in [0.2, 0.25) is 0 Å². The summed E-state index contributed by atoms with van der Waals surface area (Å²) in [6.07, 6.45) is 3.82. The lowest BCUT2D eigenvalue weighted by molar-refractivity contribution is -0.144. The van der Waals surface area contributed by atoms with Crippen molar-refractivity contribution < 1.29 is 14.7 Å². The van der Waals surface area contributed by atoms with E-state index in [1.54, 1.807) is 13.8 Å². The Morgan fingerprint density at radius 1 is 1.30 bits per heavy atom. The largest absolute Gasteiger partial charge is 0.480 e. The van der Waals surface area contributed by atoms with Crippen molar-refractivity contribution in [3.63, 3.8) is 0 Å². The van der Waals surface area contributed by atoms with Gasteiger partial charge in [0.15, 0.2) is 0 Å². The Kier molecular flexibility index (Phi) is 5.99. The molecule has 1 aliphatic rings. The fraction of sp³-hybridized carbons (Fsp3) is 0.867. The second kappa shape index (κ2) is 7.07. The van der Waals surface area contributed by atoms with Crippen LogP contribution < -0.4 is 10.6 Å². The van der Waals surface area contributed by atoms with Crippen LogP contribution in [0, 0.1) is 11.8 Å². The fourth-order valence-electron chi connectivity index (χ4n) is 2.67. The van der Waals surface area contributed by atoms with Gasteiger partial charge in [-0.2, -0.15) is 0 Å². The summed E-state index contributed by atoms with van der Waals surface area (Å²) >= 11 is 0. The second-order valence-corrected chi connectivity index (χ2v) is 6.29. The highest BCUT2D eigenvalue weighted by Gasteiger charge is 2.32. The lowest BCUT2D eigenvalue weighted by atomic mass is 9.78. The highest BCUT2D eigenvalue weighted by atomic mass is 16.4. The van der Waals surface area contributed by atoms with Gasteiger partial charge in [0.2, 0.25) is 5.91 Å². The number of hydrogen-bond donors (Lipinski definition) is 3. The molecule has 1 rings (SSSR count). The molecule has 0 bridgehead atoms. The lowest BCUT2D eigenvalue weighted by Gasteiger charge is -2.35. The zero-order valence-electron chi connectivity index (χ0n) is 13.0. The first kappa shape index (κ1) is 17.0. The number of amides is 1. The molecular formula is C15H28N2O3. The van der Waals surface area contributed by atoms with Gasteiger partial charge < -0.3 is 10.4 Å². The van der Waals surface area contributed by atoms with E-state index in [-0.39, 0.29) is 18.5 Å². The Hall–Kier alpha value is -1.10. The summed E-state index contributed by atoms with van der Waals surface area (Å²) in [6.45, 7) is 7.85. The highest BCUT2D eigenvalue weighted by molar-refractivity contribution is 5.82. The summed E-state index contributed by atoms with van der Waals surface area (Å²) < 4.78 is 0. The molecule has 1 saturated carbocycles. The van der Waals surface area contributed by atoms with E-state index >= 15 is 0 Å². The molecule has 0 aromatic rings. The van der Waals surface area contributed by atoms with Gasteiger partial charge >= 0.3 is 5.97 Å². The number of carbonyl (C=O) groups excluding carboxylic acids is 1. The molecule has 20 heavy (non-hydrogen) atoms. The van der Waals surface area contributed by atoms with Crippen molar-refractivity contribution in [3.05, 3.63) is 0 Å². The van der Waals surface area contributed by atoms with E-state index in [9.17, 15) is 9.59 Å². The third-order valence-corrected chi connectivity index (χ3v) is 4.87. The number of carboxylic acids is 1. The molecule has 0 aliphatic heterocycles. The molecule has 0 saturated heterocycles. The maximum atomic E-state index is 12.0. The standard InChI is InChI=1S/C15H28N2O3/c1-5-15(4,14(19)20)16-9-13(18)17-12-8-6-7-10(2)11(12)3/h10-12,16H,5-9H2,1-4H3,(H,17,18)(H,19,20). The molecule has 0 heterocycles. The molecule has 5 nitrogen and oxygen atoms in total. The zero-order valence-corrected chi connectivity index (χ0v) is 13.0. The van der Waals surface area contributed by atoms with Crippen molar-refractivity contribution in [2.45, 2.75) is 65.0 Å². The molecule has 1 fully saturated rings. The summed E-state index contributed by atoms with van der Waals surface area (Å²) in [7, 11) is 0. The SMILES string of the molecule is CCC(C)(NCC(=O)NC1CCCC(C)C1C)C(=O)O. The van der Waals surface area contributed by atoms with Crippen molar-refractivity contribution in [1.29, 1.82) is 0 Å². The number of carbonyl (C=O) groups is 2. The van der Waals surface area contributed by atoms with Gasteiger partial charge in [-0.15, -0.1) is 0 Å². The van der Waals surface area contributed by atoms with E-state index in [4.69, 9.17) is 5.11 Å². The molecule has 1 aliphatic carbocycles. The van der Waals surface area contributed by atoms with Crippen LogP contribution in [0.5, 0.6) is 0 Å². The average Bonchev–Trinajstić information content (AvgIpc) is 2.41. The van der Waals surface area contributed by atoms with Crippen molar-refractivity contribution in [3.8, 4) is 0 Å². The van der Waals surface area contributed by atoms with Crippen LogP contribution in [0.1, 0.15) is 53.4 Å². The maximum absolute atomic E-state index is 12.0. The highest BCUT2D eigenvalue weighted by Crippen LogP contribution is 2.29. The van der Waals surface area contributed by atoms with Crippen LogP contribution in [-0.2, 0) is 9.59 Å². The number of rotatable bonds is 6. The van der Waals surface area contributed by atoms with Crippen molar-refractivity contribution in [2.24, 2.45) is 11.8 Å². The Labute approximate surface area is 121 Å². The van der Waals surface area contributed by atoms with Crippen LogP contribution >= 0.6 is 0 Å². The monoisotopic (exact) mass is 284 g/mol. The van der Waals surface area contributed by atoms with E-state index in [2.05, 4.69) is 24.5 Å². The first-order valence-corrected chi connectivity index (χ1v) is 7.58. The quantitative estimate of drug-likeness (QED) is 0.694.